The average Bonchev–Trinajstić information content (AvgIpc) is 2.56. The third-order valence-electron chi connectivity index (χ3n) is 2.76. The van der Waals surface area contributed by atoms with Gasteiger partial charge in [0, 0.05) is 7.11 Å². The summed E-state index contributed by atoms with van der Waals surface area (Å²) in [5, 5.41) is 0. The molecule has 0 aliphatic carbocycles. The lowest BCUT2D eigenvalue weighted by Crippen LogP contribution is -2.32. The molecule has 0 atom stereocenters. The molecule has 5 heteroatoms. The van der Waals surface area contributed by atoms with Crippen molar-refractivity contribution in [3.63, 3.8) is 0 Å². The lowest BCUT2D eigenvalue weighted by Gasteiger charge is -2.27. The molecule has 2 rings (SSSR count). The quantitative estimate of drug-likeness (QED) is 0.889. The number of nitrogens with zero attached hydrogens (tertiary/aromatic N) is 2. The Morgan fingerprint density at radius 1 is 1.47 bits per heavy atom. The summed E-state index contributed by atoms with van der Waals surface area (Å²) in [6, 6.07) is 4.83. The Hall–Kier alpha value is -1.62. The number of para-hydroxylation sites is 1. The van der Waals surface area contributed by atoms with E-state index in [0.29, 0.717) is 23.6 Å². The second-order valence-corrected chi connectivity index (χ2v) is 4.66. The van der Waals surface area contributed by atoms with E-state index < -0.39 is 0 Å². The number of halogens is 1. The Morgan fingerprint density at radius 3 is 2.82 bits per heavy atom. The molecule has 92 valence electrons. The van der Waals surface area contributed by atoms with Crippen molar-refractivity contribution in [3.05, 3.63) is 24.0 Å². The number of benzene rings is 1. The van der Waals surface area contributed by atoms with Crippen LogP contribution in [0.1, 0.15) is 13.8 Å². The summed E-state index contributed by atoms with van der Waals surface area (Å²) < 4.78 is 20.6. The fraction of sp³-hybridized carbons (Fsp3) is 0.417. The van der Waals surface area contributed by atoms with E-state index in [-0.39, 0.29) is 11.4 Å². The third kappa shape index (κ3) is 1.86. The van der Waals surface area contributed by atoms with Gasteiger partial charge in [-0.1, -0.05) is 6.07 Å². The molecule has 4 nitrogen and oxygen atoms in total. The van der Waals surface area contributed by atoms with Gasteiger partial charge in [0.1, 0.15) is 5.52 Å². The maximum Gasteiger partial charge on any atom is 0.201 e. The van der Waals surface area contributed by atoms with Crippen molar-refractivity contribution in [2.24, 2.45) is 0 Å². The van der Waals surface area contributed by atoms with Crippen molar-refractivity contribution >= 4 is 17.0 Å². The largest absolute Gasteiger partial charge is 0.382 e. The number of aromatic nitrogens is 2. The number of ether oxygens (including phenoxy) is 1. The average molecular weight is 237 g/mol. The zero-order valence-electron chi connectivity index (χ0n) is 10.2. The maximum atomic E-state index is 13.6. The zero-order chi connectivity index (χ0) is 12.6. The highest BCUT2D eigenvalue weighted by Crippen LogP contribution is 2.28. The summed E-state index contributed by atoms with van der Waals surface area (Å²) in [5.74, 6) is -0.0617. The molecule has 1 aromatic heterocycles. The number of hydrogen-bond donors (Lipinski definition) is 1. The lowest BCUT2D eigenvalue weighted by molar-refractivity contribution is 0.113. The van der Waals surface area contributed by atoms with Crippen LogP contribution in [0, 0.1) is 5.82 Å². The minimum absolute atomic E-state index is 0.298. The molecule has 0 saturated heterocycles. The molecule has 17 heavy (non-hydrogen) atoms. The Bertz CT molecular complexity index is 548. The zero-order valence-corrected chi connectivity index (χ0v) is 10.2. The number of rotatable bonds is 3. The SMILES string of the molecule is COCC(C)(C)n1c(N)nc2c(F)cccc21. The van der Waals surface area contributed by atoms with Crippen LogP contribution in [0.4, 0.5) is 10.3 Å². The minimum Gasteiger partial charge on any atom is -0.382 e. The van der Waals surface area contributed by atoms with Crippen molar-refractivity contribution in [2.45, 2.75) is 19.4 Å². The van der Waals surface area contributed by atoms with Gasteiger partial charge in [-0.05, 0) is 26.0 Å². The van der Waals surface area contributed by atoms with E-state index in [0.717, 1.165) is 0 Å². The van der Waals surface area contributed by atoms with Crippen LogP contribution in [0.3, 0.4) is 0 Å². The molecule has 0 spiro atoms. The van der Waals surface area contributed by atoms with Crippen molar-refractivity contribution in [1.29, 1.82) is 0 Å². The highest BCUT2D eigenvalue weighted by atomic mass is 19.1. The van der Waals surface area contributed by atoms with Gasteiger partial charge in [-0.25, -0.2) is 9.37 Å². The van der Waals surface area contributed by atoms with E-state index in [9.17, 15) is 4.39 Å². The number of nitrogen functional groups attached to an aromatic ring is 1. The first-order valence-electron chi connectivity index (χ1n) is 5.39. The highest BCUT2D eigenvalue weighted by molar-refractivity contribution is 5.79. The predicted octanol–water partition coefficient (Wildman–Crippen LogP) is 2.14. The van der Waals surface area contributed by atoms with E-state index in [4.69, 9.17) is 10.5 Å². The normalized spacial score (nSPS) is 12.2. The maximum absolute atomic E-state index is 13.6. The molecule has 1 heterocycles. The number of nitrogens with two attached hydrogens (primary N) is 1. The molecular weight excluding hydrogens is 221 g/mol. The molecule has 0 radical (unpaired) electrons. The Labute approximate surface area is 99.2 Å². The van der Waals surface area contributed by atoms with Crippen molar-refractivity contribution < 1.29 is 9.13 Å². The van der Waals surface area contributed by atoms with Gasteiger partial charge >= 0.3 is 0 Å². The molecule has 0 saturated carbocycles. The molecule has 2 N–H and O–H groups in total. The van der Waals surface area contributed by atoms with Crippen LogP contribution in [0.5, 0.6) is 0 Å². The Balaban J connectivity index is 2.69. The van der Waals surface area contributed by atoms with E-state index in [1.807, 2.05) is 13.8 Å². The van der Waals surface area contributed by atoms with Gasteiger partial charge in [-0.3, -0.25) is 0 Å². The Morgan fingerprint density at radius 2 is 2.18 bits per heavy atom. The minimum atomic E-state index is -0.374. The van der Waals surface area contributed by atoms with Gasteiger partial charge in [-0.15, -0.1) is 0 Å². The first kappa shape index (κ1) is 11.9. The topological polar surface area (TPSA) is 53.1 Å². The van der Waals surface area contributed by atoms with E-state index in [2.05, 4.69) is 4.98 Å². The summed E-state index contributed by atoms with van der Waals surface area (Å²) in [6.07, 6.45) is 0. The summed E-state index contributed by atoms with van der Waals surface area (Å²) in [7, 11) is 1.62. The van der Waals surface area contributed by atoms with Gasteiger partial charge in [0.2, 0.25) is 5.95 Å². The fourth-order valence-corrected chi connectivity index (χ4v) is 2.14. The van der Waals surface area contributed by atoms with Crippen LogP contribution in [0.25, 0.3) is 11.0 Å². The smallest absolute Gasteiger partial charge is 0.201 e. The molecule has 0 unspecified atom stereocenters. The molecular formula is C12H16FN3O. The van der Waals surface area contributed by atoms with Crippen LogP contribution in [-0.2, 0) is 10.3 Å². The predicted molar refractivity (Wildman–Crippen MR) is 65.3 cm³/mol. The standard InChI is InChI=1S/C12H16FN3O/c1-12(2,7-17-3)16-9-6-4-5-8(13)10(9)15-11(16)14/h4-6H,7H2,1-3H3,(H2,14,15). The van der Waals surface area contributed by atoms with Crippen LogP contribution >= 0.6 is 0 Å². The van der Waals surface area contributed by atoms with Crippen molar-refractivity contribution in [1.82, 2.24) is 9.55 Å². The van der Waals surface area contributed by atoms with Gasteiger partial charge in [-0.2, -0.15) is 0 Å². The number of hydrogen-bond acceptors (Lipinski definition) is 3. The lowest BCUT2D eigenvalue weighted by atomic mass is 10.1. The summed E-state index contributed by atoms with van der Waals surface area (Å²) >= 11 is 0. The van der Waals surface area contributed by atoms with Gasteiger partial charge in [0.15, 0.2) is 5.82 Å². The highest BCUT2D eigenvalue weighted by Gasteiger charge is 2.25. The molecule has 0 fully saturated rings. The van der Waals surface area contributed by atoms with E-state index >= 15 is 0 Å². The molecule has 0 aliphatic heterocycles. The summed E-state index contributed by atoms with van der Waals surface area (Å²) in [6.45, 7) is 4.41. The second kappa shape index (κ2) is 4.00. The van der Waals surface area contributed by atoms with Crippen LogP contribution < -0.4 is 5.73 Å². The number of fused-ring (bicyclic) bond motifs is 1. The van der Waals surface area contributed by atoms with Gasteiger partial charge < -0.3 is 15.0 Å². The molecule has 1 aromatic carbocycles. The molecule has 2 aromatic rings. The van der Waals surface area contributed by atoms with Gasteiger partial charge in [0.25, 0.3) is 0 Å². The van der Waals surface area contributed by atoms with E-state index in [1.54, 1.807) is 23.8 Å². The van der Waals surface area contributed by atoms with Gasteiger partial charge in [0.05, 0.1) is 17.7 Å². The van der Waals surface area contributed by atoms with E-state index in [1.165, 1.54) is 6.07 Å². The molecule has 0 amide bonds. The number of imidazole rings is 1. The monoisotopic (exact) mass is 237 g/mol. The van der Waals surface area contributed by atoms with Crippen LogP contribution in [0.15, 0.2) is 18.2 Å². The Kier molecular flexibility index (Phi) is 2.79. The van der Waals surface area contributed by atoms with Crippen LogP contribution in [-0.4, -0.2) is 23.3 Å². The summed E-state index contributed by atoms with van der Waals surface area (Å²) in [5.41, 5.74) is 6.48. The van der Waals surface area contributed by atoms with Crippen molar-refractivity contribution in [3.8, 4) is 0 Å². The summed E-state index contributed by atoms with van der Waals surface area (Å²) in [4.78, 5) is 4.07. The first-order chi connectivity index (χ1) is 7.97. The number of anilines is 1. The first-order valence-corrected chi connectivity index (χ1v) is 5.39. The molecule has 0 aliphatic rings. The number of methoxy groups -OCH3 is 1. The fourth-order valence-electron chi connectivity index (χ4n) is 2.14. The van der Waals surface area contributed by atoms with Crippen molar-refractivity contribution in [2.75, 3.05) is 19.5 Å². The van der Waals surface area contributed by atoms with Crippen LogP contribution in [0.2, 0.25) is 0 Å². The second-order valence-electron chi connectivity index (χ2n) is 4.66. The third-order valence-corrected chi connectivity index (χ3v) is 2.76. The molecule has 0 bridgehead atoms.